The van der Waals surface area contributed by atoms with Gasteiger partial charge >= 0.3 is 17.8 Å². The summed E-state index contributed by atoms with van der Waals surface area (Å²) in [6.45, 7) is 5.18. The van der Waals surface area contributed by atoms with Crippen molar-refractivity contribution in [1.82, 2.24) is 9.80 Å². The smallest absolute Gasteiger partial charge is 0.335 e. The van der Waals surface area contributed by atoms with E-state index >= 15 is 0 Å². The lowest BCUT2D eigenvalue weighted by Gasteiger charge is -2.14. The summed E-state index contributed by atoms with van der Waals surface area (Å²) in [5.41, 5.74) is 0.483. The van der Waals surface area contributed by atoms with Gasteiger partial charge in [-0.3, -0.25) is 19.3 Å². The largest absolute Gasteiger partial charge is 0.494 e. The van der Waals surface area contributed by atoms with E-state index in [4.69, 9.17) is 4.74 Å². The van der Waals surface area contributed by atoms with E-state index in [0.29, 0.717) is 22.9 Å². The third kappa shape index (κ3) is 3.60. The standard InChI is InChI=1S/C16H17N3O5/c1-3-9-18-14(21)15(22)19(16(18)23)10-13(20)17-11-5-7-12(8-6-11)24-4-2/h3,5-8H,1,4,9-10H2,2H3,(H,17,20). The van der Waals surface area contributed by atoms with E-state index < -0.39 is 30.3 Å². The number of carbonyl (C=O) groups is 4. The Morgan fingerprint density at radius 1 is 1.17 bits per heavy atom. The van der Waals surface area contributed by atoms with E-state index in [1.165, 1.54) is 6.08 Å². The summed E-state index contributed by atoms with van der Waals surface area (Å²) in [5, 5.41) is 2.55. The number of urea groups is 1. The van der Waals surface area contributed by atoms with Gasteiger partial charge < -0.3 is 10.1 Å². The normalized spacial score (nSPS) is 14.1. The van der Waals surface area contributed by atoms with E-state index in [2.05, 4.69) is 11.9 Å². The molecule has 8 nitrogen and oxygen atoms in total. The average Bonchev–Trinajstić information content (AvgIpc) is 2.75. The molecule has 0 atom stereocenters. The molecule has 2 rings (SSSR count). The predicted octanol–water partition coefficient (Wildman–Crippen LogP) is 1.00. The SMILES string of the molecule is C=CCN1C(=O)C(=O)N(CC(=O)Nc2ccc(OCC)cc2)C1=O. The number of carbonyl (C=O) groups excluding carboxylic acids is 4. The molecule has 0 spiro atoms. The zero-order chi connectivity index (χ0) is 17.7. The molecule has 1 aromatic rings. The van der Waals surface area contributed by atoms with Crippen molar-refractivity contribution >= 4 is 29.4 Å². The maximum Gasteiger partial charge on any atom is 0.335 e. The van der Waals surface area contributed by atoms with Crippen LogP contribution in [0, 0.1) is 0 Å². The second-order valence-corrected chi connectivity index (χ2v) is 4.88. The van der Waals surface area contributed by atoms with Gasteiger partial charge in [-0.05, 0) is 31.2 Å². The van der Waals surface area contributed by atoms with Gasteiger partial charge in [0.15, 0.2) is 0 Å². The Morgan fingerprint density at radius 2 is 1.79 bits per heavy atom. The van der Waals surface area contributed by atoms with Crippen LogP contribution in [0.25, 0.3) is 0 Å². The summed E-state index contributed by atoms with van der Waals surface area (Å²) in [6, 6.07) is 5.80. The van der Waals surface area contributed by atoms with Crippen LogP contribution in [0.3, 0.4) is 0 Å². The molecular weight excluding hydrogens is 314 g/mol. The summed E-state index contributed by atoms with van der Waals surface area (Å²) >= 11 is 0. The molecule has 1 aliphatic rings. The van der Waals surface area contributed by atoms with Crippen molar-refractivity contribution in [3.63, 3.8) is 0 Å². The molecule has 8 heteroatoms. The molecule has 1 saturated heterocycles. The van der Waals surface area contributed by atoms with Crippen LogP contribution in [0.15, 0.2) is 36.9 Å². The number of anilines is 1. The summed E-state index contributed by atoms with van der Waals surface area (Å²) < 4.78 is 5.29. The maximum atomic E-state index is 12.0. The minimum Gasteiger partial charge on any atom is -0.494 e. The number of amides is 5. The van der Waals surface area contributed by atoms with Crippen LogP contribution < -0.4 is 10.1 Å². The fourth-order valence-corrected chi connectivity index (χ4v) is 2.13. The monoisotopic (exact) mass is 331 g/mol. The Morgan fingerprint density at radius 3 is 2.38 bits per heavy atom. The van der Waals surface area contributed by atoms with E-state index in [1.54, 1.807) is 24.3 Å². The number of imide groups is 2. The van der Waals surface area contributed by atoms with Crippen LogP contribution in [0.4, 0.5) is 10.5 Å². The van der Waals surface area contributed by atoms with Crippen LogP contribution in [-0.2, 0) is 14.4 Å². The highest BCUT2D eigenvalue weighted by Gasteiger charge is 2.44. The first kappa shape index (κ1) is 17.2. The second-order valence-electron chi connectivity index (χ2n) is 4.88. The van der Waals surface area contributed by atoms with Crippen molar-refractivity contribution in [3.8, 4) is 5.75 Å². The van der Waals surface area contributed by atoms with Gasteiger partial charge in [0.2, 0.25) is 5.91 Å². The van der Waals surface area contributed by atoms with Gasteiger partial charge in [0.1, 0.15) is 12.3 Å². The first-order valence-electron chi connectivity index (χ1n) is 7.28. The molecule has 1 heterocycles. The lowest BCUT2D eigenvalue weighted by atomic mass is 10.3. The average molecular weight is 331 g/mol. The van der Waals surface area contributed by atoms with E-state index in [-0.39, 0.29) is 6.54 Å². The fraction of sp³-hybridized carbons (Fsp3) is 0.250. The number of nitrogens with zero attached hydrogens (tertiary/aromatic N) is 2. The fourth-order valence-electron chi connectivity index (χ4n) is 2.13. The van der Waals surface area contributed by atoms with Gasteiger partial charge in [-0.15, -0.1) is 6.58 Å². The van der Waals surface area contributed by atoms with Gasteiger partial charge in [0, 0.05) is 12.2 Å². The predicted molar refractivity (Wildman–Crippen MR) is 85.3 cm³/mol. The molecule has 0 aromatic heterocycles. The number of hydrogen-bond donors (Lipinski definition) is 1. The van der Waals surface area contributed by atoms with Crippen molar-refractivity contribution in [2.45, 2.75) is 6.92 Å². The molecule has 0 radical (unpaired) electrons. The first-order valence-corrected chi connectivity index (χ1v) is 7.28. The number of hydrogen-bond acceptors (Lipinski definition) is 5. The van der Waals surface area contributed by atoms with Gasteiger partial charge in [0.25, 0.3) is 0 Å². The number of nitrogens with one attached hydrogen (secondary N) is 1. The van der Waals surface area contributed by atoms with Crippen molar-refractivity contribution < 1.29 is 23.9 Å². The quantitative estimate of drug-likeness (QED) is 0.457. The molecular formula is C16H17N3O5. The van der Waals surface area contributed by atoms with Crippen molar-refractivity contribution in [1.29, 1.82) is 0 Å². The topological polar surface area (TPSA) is 96.0 Å². The van der Waals surface area contributed by atoms with E-state index in [0.717, 1.165) is 4.90 Å². The van der Waals surface area contributed by atoms with Crippen LogP contribution in [0.2, 0.25) is 0 Å². The highest BCUT2D eigenvalue weighted by molar-refractivity contribution is 6.45. The number of rotatable bonds is 7. The minimum atomic E-state index is -1.02. The van der Waals surface area contributed by atoms with Crippen LogP contribution in [0.1, 0.15) is 6.92 Å². The highest BCUT2D eigenvalue weighted by Crippen LogP contribution is 2.16. The molecule has 1 aromatic carbocycles. The summed E-state index contributed by atoms with van der Waals surface area (Å²) in [6.07, 6.45) is 1.33. The molecule has 0 bridgehead atoms. The second kappa shape index (κ2) is 7.40. The van der Waals surface area contributed by atoms with Gasteiger partial charge in [0.05, 0.1) is 6.61 Å². The lowest BCUT2D eigenvalue weighted by Crippen LogP contribution is -2.39. The minimum absolute atomic E-state index is 0.0829. The maximum absolute atomic E-state index is 12.0. The molecule has 1 N–H and O–H groups in total. The van der Waals surface area contributed by atoms with Gasteiger partial charge in [-0.25, -0.2) is 9.69 Å². The van der Waals surface area contributed by atoms with Crippen LogP contribution >= 0.6 is 0 Å². The summed E-state index contributed by atoms with van der Waals surface area (Å²) in [7, 11) is 0. The van der Waals surface area contributed by atoms with Crippen molar-refractivity contribution in [2.75, 3.05) is 25.0 Å². The molecule has 126 valence electrons. The Labute approximate surface area is 138 Å². The number of ether oxygens (including phenoxy) is 1. The van der Waals surface area contributed by atoms with Crippen molar-refractivity contribution in [3.05, 3.63) is 36.9 Å². The molecule has 5 amide bonds. The Kier molecular flexibility index (Phi) is 5.31. The first-order chi connectivity index (χ1) is 11.5. The Bertz CT molecular complexity index is 683. The zero-order valence-corrected chi connectivity index (χ0v) is 13.2. The van der Waals surface area contributed by atoms with Crippen LogP contribution in [-0.4, -0.2) is 53.2 Å². The molecule has 1 fully saturated rings. The van der Waals surface area contributed by atoms with Crippen molar-refractivity contribution in [2.24, 2.45) is 0 Å². The van der Waals surface area contributed by atoms with Gasteiger partial charge in [-0.1, -0.05) is 6.08 Å². The third-order valence-corrected chi connectivity index (χ3v) is 3.20. The molecule has 1 aliphatic heterocycles. The molecule has 0 unspecified atom stereocenters. The zero-order valence-electron chi connectivity index (χ0n) is 13.2. The summed E-state index contributed by atoms with van der Waals surface area (Å²) in [4.78, 5) is 48.8. The lowest BCUT2D eigenvalue weighted by molar-refractivity contribution is -0.143. The Hall–Kier alpha value is -3.16. The Balaban J connectivity index is 1.99. The van der Waals surface area contributed by atoms with Gasteiger partial charge in [-0.2, -0.15) is 0 Å². The number of benzene rings is 1. The third-order valence-electron chi connectivity index (χ3n) is 3.20. The molecule has 0 saturated carbocycles. The molecule has 24 heavy (non-hydrogen) atoms. The van der Waals surface area contributed by atoms with E-state index in [9.17, 15) is 19.2 Å². The van der Waals surface area contributed by atoms with Crippen LogP contribution in [0.5, 0.6) is 5.75 Å². The molecule has 0 aliphatic carbocycles. The summed E-state index contributed by atoms with van der Waals surface area (Å²) in [5.74, 6) is -1.92. The van der Waals surface area contributed by atoms with E-state index in [1.807, 2.05) is 6.92 Å². The highest BCUT2D eigenvalue weighted by atomic mass is 16.5.